The first-order valence-electron chi connectivity index (χ1n) is 9.57. The van der Waals surface area contributed by atoms with Crippen LogP contribution in [-0.2, 0) is 15.7 Å². The van der Waals surface area contributed by atoms with Crippen LogP contribution < -0.4 is 0 Å². The predicted molar refractivity (Wildman–Crippen MR) is 109 cm³/mol. The highest BCUT2D eigenvalue weighted by molar-refractivity contribution is 7.99. The number of ether oxygens (including phenoxy) is 2. The maximum atomic E-state index is 12.8. The van der Waals surface area contributed by atoms with E-state index in [1.54, 1.807) is 17.8 Å². The SMILES string of the molecule is CCOC(CSc1ccc(O)c(C)c1)CC(OCC)c1ccc(C(F)(F)F)cc1. The number of benzene rings is 2. The molecule has 0 heterocycles. The van der Waals surface area contributed by atoms with Crippen LogP contribution in [0.2, 0.25) is 0 Å². The zero-order chi connectivity index (χ0) is 21.4. The third-order valence-corrected chi connectivity index (χ3v) is 5.59. The van der Waals surface area contributed by atoms with Gasteiger partial charge in [-0.1, -0.05) is 12.1 Å². The van der Waals surface area contributed by atoms with E-state index in [0.717, 1.165) is 22.6 Å². The van der Waals surface area contributed by atoms with E-state index in [-0.39, 0.29) is 18.0 Å². The Kier molecular flexibility index (Phi) is 8.86. The van der Waals surface area contributed by atoms with Gasteiger partial charge < -0.3 is 14.6 Å². The second kappa shape index (κ2) is 10.9. The fraction of sp³-hybridized carbons (Fsp3) is 0.455. The Labute approximate surface area is 174 Å². The van der Waals surface area contributed by atoms with Crippen LogP contribution in [0, 0.1) is 6.92 Å². The van der Waals surface area contributed by atoms with Gasteiger partial charge in [-0.15, -0.1) is 11.8 Å². The lowest BCUT2D eigenvalue weighted by molar-refractivity contribution is -0.137. The molecule has 2 aromatic rings. The molecule has 2 unspecified atom stereocenters. The lowest BCUT2D eigenvalue weighted by Crippen LogP contribution is -2.21. The Bertz CT molecular complexity index is 763. The Balaban J connectivity index is 2.08. The summed E-state index contributed by atoms with van der Waals surface area (Å²) >= 11 is 1.61. The first kappa shape index (κ1) is 23.6. The maximum Gasteiger partial charge on any atom is 0.416 e. The maximum absolute atomic E-state index is 12.8. The topological polar surface area (TPSA) is 38.7 Å². The monoisotopic (exact) mass is 428 g/mol. The lowest BCUT2D eigenvalue weighted by atomic mass is 10.0. The van der Waals surface area contributed by atoms with E-state index in [1.165, 1.54) is 12.1 Å². The highest BCUT2D eigenvalue weighted by Gasteiger charge is 2.30. The normalized spacial score (nSPS) is 14.0. The Morgan fingerprint density at radius 1 is 1.00 bits per heavy atom. The summed E-state index contributed by atoms with van der Waals surface area (Å²) in [5.41, 5.74) is 0.839. The Morgan fingerprint density at radius 2 is 1.66 bits per heavy atom. The molecule has 2 atom stereocenters. The average Bonchev–Trinajstić information content (AvgIpc) is 2.68. The van der Waals surface area contributed by atoms with Crippen molar-refractivity contribution in [2.75, 3.05) is 19.0 Å². The quantitative estimate of drug-likeness (QED) is 0.446. The molecule has 3 nitrogen and oxygen atoms in total. The van der Waals surface area contributed by atoms with Crippen molar-refractivity contribution in [2.45, 2.75) is 50.5 Å². The van der Waals surface area contributed by atoms with Gasteiger partial charge in [0.15, 0.2) is 0 Å². The van der Waals surface area contributed by atoms with Gasteiger partial charge in [-0.3, -0.25) is 0 Å². The van der Waals surface area contributed by atoms with Crippen molar-refractivity contribution in [1.29, 1.82) is 0 Å². The molecule has 0 aliphatic heterocycles. The number of halogens is 3. The highest BCUT2D eigenvalue weighted by Crippen LogP contribution is 2.33. The second-order valence-corrected chi connectivity index (χ2v) is 7.73. The number of alkyl halides is 3. The smallest absolute Gasteiger partial charge is 0.416 e. The molecule has 160 valence electrons. The van der Waals surface area contributed by atoms with Crippen molar-refractivity contribution in [1.82, 2.24) is 0 Å². The van der Waals surface area contributed by atoms with Gasteiger partial charge in [0.25, 0.3) is 0 Å². The van der Waals surface area contributed by atoms with Gasteiger partial charge in [0.1, 0.15) is 5.75 Å². The summed E-state index contributed by atoms with van der Waals surface area (Å²) in [5, 5.41) is 9.66. The highest BCUT2D eigenvalue weighted by atomic mass is 32.2. The van der Waals surface area contributed by atoms with Crippen LogP contribution in [0.3, 0.4) is 0 Å². The number of thioether (sulfide) groups is 1. The Hall–Kier alpha value is -1.70. The molecular weight excluding hydrogens is 401 g/mol. The first-order valence-corrected chi connectivity index (χ1v) is 10.6. The van der Waals surface area contributed by atoms with E-state index in [4.69, 9.17) is 9.47 Å². The summed E-state index contributed by atoms with van der Waals surface area (Å²) in [6, 6.07) is 10.6. The zero-order valence-electron chi connectivity index (χ0n) is 16.8. The number of aromatic hydroxyl groups is 1. The van der Waals surface area contributed by atoms with Crippen LogP contribution in [0.4, 0.5) is 13.2 Å². The summed E-state index contributed by atoms with van der Waals surface area (Å²) in [6.07, 6.45) is -4.29. The molecule has 2 aromatic carbocycles. The molecule has 0 radical (unpaired) electrons. The molecule has 2 rings (SSSR count). The average molecular weight is 429 g/mol. The number of aryl methyl sites for hydroxylation is 1. The number of rotatable bonds is 10. The molecule has 0 aromatic heterocycles. The molecule has 0 saturated carbocycles. The molecule has 0 amide bonds. The fourth-order valence-electron chi connectivity index (χ4n) is 2.95. The third-order valence-electron chi connectivity index (χ3n) is 4.46. The third kappa shape index (κ3) is 7.24. The summed E-state index contributed by atoms with van der Waals surface area (Å²) < 4.78 is 50.2. The van der Waals surface area contributed by atoms with E-state index < -0.39 is 11.7 Å². The predicted octanol–water partition coefficient (Wildman–Crippen LogP) is 6.38. The van der Waals surface area contributed by atoms with Gasteiger partial charge in [0.2, 0.25) is 0 Å². The first-order chi connectivity index (χ1) is 13.7. The number of phenols is 1. The van der Waals surface area contributed by atoms with E-state index in [9.17, 15) is 18.3 Å². The van der Waals surface area contributed by atoms with Gasteiger partial charge in [-0.2, -0.15) is 13.2 Å². The zero-order valence-corrected chi connectivity index (χ0v) is 17.6. The molecule has 7 heteroatoms. The van der Waals surface area contributed by atoms with E-state index in [1.807, 2.05) is 32.9 Å². The van der Waals surface area contributed by atoms with Crippen LogP contribution in [0.1, 0.15) is 43.1 Å². The van der Waals surface area contributed by atoms with Gasteiger partial charge in [0.05, 0.1) is 17.8 Å². The largest absolute Gasteiger partial charge is 0.508 e. The number of hydrogen-bond donors (Lipinski definition) is 1. The molecule has 0 aliphatic carbocycles. The molecule has 29 heavy (non-hydrogen) atoms. The lowest BCUT2D eigenvalue weighted by Gasteiger charge is -2.24. The molecule has 0 saturated heterocycles. The van der Waals surface area contributed by atoms with Gasteiger partial charge in [-0.25, -0.2) is 0 Å². The van der Waals surface area contributed by atoms with E-state index in [2.05, 4.69) is 0 Å². The minimum atomic E-state index is -4.35. The number of phenolic OH excluding ortho intramolecular Hbond substituents is 1. The van der Waals surface area contributed by atoms with Crippen LogP contribution in [0.5, 0.6) is 5.75 Å². The van der Waals surface area contributed by atoms with E-state index >= 15 is 0 Å². The van der Waals surface area contributed by atoms with Crippen LogP contribution in [0.25, 0.3) is 0 Å². The summed E-state index contributed by atoms with van der Waals surface area (Å²) in [4.78, 5) is 1.02. The molecule has 1 N–H and O–H groups in total. The van der Waals surface area contributed by atoms with Gasteiger partial charge in [0, 0.05) is 30.3 Å². The molecule has 0 aliphatic rings. The molecule has 0 spiro atoms. The van der Waals surface area contributed by atoms with E-state index in [0.29, 0.717) is 31.0 Å². The molecule has 0 fully saturated rings. The van der Waals surface area contributed by atoms with Crippen molar-refractivity contribution >= 4 is 11.8 Å². The van der Waals surface area contributed by atoms with Crippen LogP contribution in [0.15, 0.2) is 47.4 Å². The van der Waals surface area contributed by atoms with Gasteiger partial charge in [-0.05, 0) is 62.2 Å². The van der Waals surface area contributed by atoms with Crippen molar-refractivity contribution in [3.05, 3.63) is 59.2 Å². The summed E-state index contributed by atoms with van der Waals surface area (Å²) in [7, 11) is 0. The van der Waals surface area contributed by atoms with Gasteiger partial charge >= 0.3 is 6.18 Å². The fourth-order valence-corrected chi connectivity index (χ4v) is 3.99. The van der Waals surface area contributed by atoms with Crippen molar-refractivity contribution in [2.24, 2.45) is 0 Å². The van der Waals surface area contributed by atoms with Crippen LogP contribution in [-0.4, -0.2) is 30.2 Å². The summed E-state index contributed by atoms with van der Waals surface area (Å²) in [6.45, 7) is 6.60. The minimum Gasteiger partial charge on any atom is -0.508 e. The van der Waals surface area contributed by atoms with Crippen LogP contribution >= 0.6 is 11.8 Å². The number of hydrogen-bond acceptors (Lipinski definition) is 4. The Morgan fingerprint density at radius 3 is 2.21 bits per heavy atom. The standard InChI is InChI=1S/C22H27F3O3S/c1-4-27-18(14-29-19-10-11-20(26)15(3)12-19)13-21(28-5-2)16-6-8-17(9-7-16)22(23,24)25/h6-12,18,21,26H,4-5,13-14H2,1-3H3. The van der Waals surface area contributed by atoms with Crippen molar-refractivity contribution in [3.63, 3.8) is 0 Å². The summed E-state index contributed by atoms with van der Waals surface area (Å²) in [5.74, 6) is 0.928. The van der Waals surface area contributed by atoms with Crippen molar-refractivity contribution in [3.8, 4) is 5.75 Å². The molecular formula is C22H27F3O3S. The minimum absolute atomic E-state index is 0.127. The van der Waals surface area contributed by atoms with Crippen molar-refractivity contribution < 1.29 is 27.8 Å². The second-order valence-electron chi connectivity index (χ2n) is 6.64. The molecule has 0 bridgehead atoms.